The molecule has 2 unspecified atom stereocenters. The Morgan fingerprint density at radius 3 is 2.55 bits per heavy atom. The number of nitrogens with zero attached hydrogens (tertiary/aromatic N) is 1. The minimum absolute atomic E-state index is 0.0513. The van der Waals surface area contributed by atoms with Crippen LogP contribution in [0.4, 0.5) is 4.39 Å². The second-order valence-electron chi connectivity index (χ2n) is 5.92. The van der Waals surface area contributed by atoms with E-state index in [9.17, 15) is 14.0 Å². The average Bonchev–Trinajstić information content (AvgIpc) is 2.49. The summed E-state index contributed by atoms with van der Waals surface area (Å²) in [6.07, 6.45) is 4.27. The van der Waals surface area contributed by atoms with Gasteiger partial charge in [-0.2, -0.15) is 0 Å². The van der Waals surface area contributed by atoms with E-state index in [0.717, 1.165) is 25.3 Å². The molecule has 0 saturated heterocycles. The Hall–Kier alpha value is -1.91. The molecule has 2 rings (SSSR count). The Kier molecular flexibility index (Phi) is 5.16. The van der Waals surface area contributed by atoms with Crippen molar-refractivity contribution in [1.29, 1.82) is 0 Å². The summed E-state index contributed by atoms with van der Waals surface area (Å²) in [4.78, 5) is 25.2. The zero-order chi connectivity index (χ0) is 16.3. The van der Waals surface area contributed by atoms with Gasteiger partial charge in [0.1, 0.15) is 5.82 Å². The molecule has 5 heteroatoms. The SMILES string of the molecule is CCN(C(=O)c1ccc(C(=O)O)cc1F)C1CCCCC1C. The highest BCUT2D eigenvalue weighted by atomic mass is 19.1. The zero-order valence-electron chi connectivity index (χ0n) is 13.0. The Morgan fingerprint density at radius 1 is 1.32 bits per heavy atom. The van der Waals surface area contributed by atoms with Gasteiger partial charge >= 0.3 is 5.97 Å². The second-order valence-corrected chi connectivity index (χ2v) is 5.92. The lowest BCUT2D eigenvalue weighted by Crippen LogP contribution is -2.45. The van der Waals surface area contributed by atoms with Crippen LogP contribution in [0.1, 0.15) is 60.2 Å². The van der Waals surface area contributed by atoms with E-state index in [4.69, 9.17) is 5.11 Å². The van der Waals surface area contributed by atoms with Crippen molar-refractivity contribution in [2.75, 3.05) is 6.54 Å². The summed E-state index contributed by atoms with van der Waals surface area (Å²) < 4.78 is 14.1. The molecule has 0 bridgehead atoms. The van der Waals surface area contributed by atoms with Gasteiger partial charge in [0.2, 0.25) is 0 Å². The Balaban J connectivity index is 2.26. The molecule has 0 aromatic heterocycles. The Labute approximate surface area is 129 Å². The third-order valence-corrected chi connectivity index (χ3v) is 4.51. The highest BCUT2D eigenvalue weighted by Crippen LogP contribution is 2.29. The molecular weight excluding hydrogens is 285 g/mol. The van der Waals surface area contributed by atoms with Crippen LogP contribution in [0, 0.1) is 11.7 Å². The third-order valence-electron chi connectivity index (χ3n) is 4.51. The second kappa shape index (κ2) is 6.90. The van der Waals surface area contributed by atoms with E-state index in [0.29, 0.717) is 12.5 Å². The molecule has 1 aromatic carbocycles. The largest absolute Gasteiger partial charge is 0.478 e. The van der Waals surface area contributed by atoms with Crippen LogP contribution in [0.15, 0.2) is 18.2 Å². The van der Waals surface area contributed by atoms with Gasteiger partial charge in [0.25, 0.3) is 5.91 Å². The van der Waals surface area contributed by atoms with Gasteiger partial charge in [0.05, 0.1) is 11.1 Å². The number of aromatic carboxylic acids is 1. The molecule has 4 nitrogen and oxygen atoms in total. The van der Waals surface area contributed by atoms with Gasteiger partial charge in [-0.3, -0.25) is 4.79 Å². The molecule has 1 aromatic rings. The predicted molar refractivity (Wildman–Crippen MR) is 81.5 cm³/mol. The number of benzene rings is 1. The third kappa shape index (κ3) is 3.29. The molecule has 1 amide bonds. The number of carboxylic acids is 1. The van der Waals surface area contributed by atoms with E-state index < -0.39 is 11.8 Å². The predicted octanol–water partition coefficient (Wildman–Crippen LogP) is 3.56. The Morgan fingerprint density at radius 2 is 2.00 bits per heavy atom. The van der Waals surface area contributed by atoms with Gasteiger partial charge in [0.15, 0.2) is 0 Å². The number of halogens is 1. The van der Waals surface area contributed by atoms with Gasteiger partial charge < -0.3 is 10.0 Å². The molecule has 1 saturated carbocycles. The van der Waals surface area contributed by atoms with Crippen molar-refractivity contribution in [1.82, 2.24) is 4.90 Å². The van der Waals surface area contributed by atoms with Crippen molar-refractivity contribution in [3.8, 4) is 0 Å². The van der Waals surface area contributed by atoms with E-state index in [1.807, 2.05) is 6.92 Å². The number of carbonyl (C=O) groups is 2. The highest BCUT2D eigenvalue weighted by Gasteiger charge is 2.31. The normalized spacial score (nSPS) is 21.4. The molecule has 0 heterocycles. The van der Waals surface area contributed by atoms with Crippen molar-refractivity contribution in [2.45, 2.75) is 45.6 Å². The summed E-state index contributed by atoms with van der Waals surface area (Å²) in [6, 6.07) is 3.59. The smallest absolute Gasteiger partial charge is 0.335 e. The minimum Gasteiger partial charge on any atom is -0.478 e. The number of rotatable bonds is 4. The summed E-state index contributed by atoms with van der Waals surface area (Å²) in [5.41, 5.74) is -0.201. The Bertz CT molecular complexity index is 573. The number of carboxylic acid groups (broad SMARTS) is 1. The van der Waals surface area contributed by atoms with E-state index in [1.54, 1.807) is 4.90 Å². The van der Waals surface area contributed by atoms with Gasteiger partial charge in [-0.1, -0.05) is 19.8 Å². The lowest BCUT2D eigenvalue weighted by molar-refractivity contribution is 0.0563. The molecule has 0 aliphatic heterocycles. The maximum Gasteiger partial charge on any atom is 0.335 e. The maximum absolute atomic E-state index is 14.1. The molecule has 120 valence electrons. The number of carbonyl (C=O) groups excluding carboxylic acids is 1. The lowest BCUT2D eigenvalue weighted by atomic mass is 9.84. The first-order valence-electron chi connectivity index (χ1n) is 7.79. The van der Waals surface area contributed by atoms with Crippen LogP contribution in [-0.2, 0) is 0 Å². The number of amides is 1. The molecule has 2 atom stereocenters. The van der Waals surface area contributed by atoms with E-state index in [2.05, 4.69) is 6.92 Å². The van der Waals surface area contributed by atoms with Crippen LogP contribution >= 0.6 is 0 Å². The van der Waals surface area contributed by atoms with E-state index in [-0.39, 0.29) is 23.1 Å². The highest BCUT2D eigenvalue weighted by molar-refractivity contribution is 5.96. The number of hydrogen-bond acceptors (Lipinski definition) is 2. The van der Waals surface area contributed by atoms with Crippen LogP contribution in [0.2, 0.25) is 0 Å². The van der Waals surface area contributed by atoms with Crippen molar-refractivity contribution >= 4 is 11.9 Å². The molecule has 1 aliphatic carbocycles. The molecular formula is C17H22FNO3. The van der Waals surface area contributed by atoms with Crippen LogP contribution in [-0.4, -0.2) is 34.5 Å². The van der Waals surface area contributed by atoms with Crippen molar-refractivity contribution < 1.29 is 19.1 Å². The van der Waals surface area contributed by atoms with Crippen LogP contribution < -0.4 is 0 Å². The zero-order valence-corrected chi connectivity index (χ0v) is 13.0. The first kappa shape index (κ1) is 16.5. The average molecular weight is 307 g/mol. The van der Waals surface area contributed by atoms with Gasteiger partial charge in [-0.25, -0.2) is 9.18 Å². The standard InChI is InChI=1S/C17H22FNO3/c1-3-19(15-7-5-4-6-11(15)2)16(20)13-9-8-12(17(21)22)10-14(13)18/h8-11,15H,3-7H2,1-2H3,(H,21,22). The fraction of sp³-hybridized carbons (Fsp3) is 0.529. The van der Waals surface area contributed by atoms with Crippen LogP contribution in [0.5, 0.6) is 0 Å². The van der Waals surface area contributed by atoms with E-state index in [1.165, 1.54) is 18.6 Å². The lowest BCUT2D eigenvalue weighted by Gasteiger charge is -2.38. The van der Waals surface area contributed by atoms with Crippen molar-refractivity contribution in [3.05, 3.63) is 35.1 Å². The van der Waals surface area contributed by atoms with Crippen LogP contribution in [0.25, 0.3) is 0 Å². The summed E-state index contributed by atoms with van der Waals surface area (Å²) >= 11 is 0. The number of hydrogen-bond donors (Lipinski definition) is 1. The first-order valence-corrected chi connectivity index (χ1v) is 7.79. The van der Waals surface area contributed by atoms with Crippen molar-refractivity contribution in [2.24, 2.45) is 5.92 Å². The van der Waals surface area contributed by atoms with Crippen molar-refractivity contribution in [3.63, 3.8) is 0 Å². The van der Waals surface area contributed by atoms with Gasteiger partial charge in [-0.15, -0.1) is 0 Å². The summed E-state index contributed by atoms with van der Waals surface area (Å²) in [5, 5.41) is 8.87. The fourth-order valence-electron chi connectivity index (χ4n) is 3.26. The summed E-state index contributed by atoms with van der Waals surface area (Å²) in [7, 11) is 0. The topological polar surface area (TPSA) is 57.6 Å². The van der Waals surface area contributed by atoms with Crippen LogP contribution in [0.3, 0.4) is 0 Å². The molecule has 1 N–H and O–H groups in total. The van der Waals surface area contributed by atoms with Gasteiger partial charge in [0, 0.05) is 12.6 Å². The van der Waals surface area contributed by atoms with Gasteiger partial charge in [-0.05, 0) is 43.9 Å². The molecule has 0 radical (unpaired) electrons. The molecule has 22 heavy (non-hydrogen) atoms. The first-order chi connectivity index (χ1) is 10.5. The molecule has 1 fully saturated rings. The molecule has 0 spiro atoms. The fourth-order valence-corrected chi connectivity index (χ4v) is 3.26. The van der Waals surface area contributed by atoms with E-state index >= 15 is 0 Å². The quantitative estimate of drug-likeness (QED) is 0.925. The molecule has 1 aliphatic rings. The minimum atomic E-state index is -1.20. The monoisotopic (exact) mass is 307 g/mol. The summed E-state index contributed by atoms with van der Waals surface area (Å²) in [6.45, 7) is 4.54. The summed E-state index contributed by atoms with van der Waals surface area (Å²) in [5.74, 6) is -1.92. The maximum atomic E-state index is 14.1.